The molecule has 0 fully saturated rings. The van der Waals surface area contributed by atoms with Crippen LogP contribution in [0.15, 0.2) is 18.2 Å². The summed E-state index contributed by atoms with van der Waals surface area (Å²) in [5.74, 6) is 0. The maximum absolute atomic E-state index is 13.7. The lowest BCUT2D eigenvalue weighted by atomic mass is 9.92. The molecule has 0 aliphatic carbocycles. The topological polar surface area (TPSA) is 26.0 Å². The standard InChI is InChI=1S/C10H7BrF7N/c11-4-5-3-6(1-2-7(5)19)8(12,9(13,14)15)10(16,17)18/h1-3H,4,19H2. The molecule has 0 atom stereocenters. The van der Waals surface area contributed by atoms with Gasteiger partial charge in [-0.1, -0.05) is 22.0 Å². The monoisotopic (exact) mass is 353 g/mol. The Bertz CT molecular complexity index is 452. The number of hydrogen-bond donors (Lipinski definition) is 1. The Morgan fingerprint density at radius 1 is 0.947 bits per heavy atom. The molecule has 1 aromatic carbocycles. The fraction of sp³-hybridized carbons (Fsp3) is 0.400. The zero-order chi connectivity index (χ0) is 15.1. The molecular formula is C10H7BrF7N. The molecule has 1 aromatic rings. The largest absolute Gasteiger partial charge is 0.435 e. The van der Waals surface area contributed by atoms with E-state index in [1.165, 1.54) is 0 Å². The molecule has 0 amide bonds. The van der Waals surface area contributed by atoms with Crippen molar-refractivity contribution in [3.63, 3.8) is 0 Å². The van der Waals surface area contributed by atoms with Gasteiger partial charge in [-0.2, -0.15) is 26.3 Å². The first-order chi connectivity index (χ1) is 8.45. The highest BCUT2D eigenvalue weighted by Crippen LogP contribution is 2.53. The zero-order valence-electron chi connectivity index (χ0n) is 9.04. The van der Waals surface area contributed by atoms with Crippen LogP contribution < -0.4 is 5.73 Å². The second kappa shape index (κ2) is 4.84. The van der Waals surface area contributed by atoms with Crippen LogP contribution in [0.4, 0.5) is 36.4 Å². The number of hydrogen-bond acceptors (Lipinski definition) is 1. The van der Waals surface area contributed by atoms with Gasteiger partial charge in [-0.05, 0) is 17.7 Å². The van der Waals surface area contributed by atoms with Gasteiger partial charge in [0.15, 0.2) is 0 Å². The van der Waals surface area contributed by atoms with Gasteiger partial charge < -0.3 is 5.73 Å². The predicted octanol–water partition coefficient (Wildman–Crippen LogP) is 4.45. The molecular weight excluding hydrogens is 347 g/mol. The van der Waals surface area contributed by atoms with Crippen molar-refractivity contribution in [3.05, 3.63) is 29.3 Å². The minimum absolute atomic E-state index is 0.0349. The first-order valence-electron chi connectivity index (χ1n) is 4.72. The van der Waals surface area contributed by atoms with E-state index in [9.17, 15) is 30.7 Å². The lowest BCUT2D eigenvalue weighted by Gasteiger charge is -2.30. The van der Waals surface area contributed by atoms with Crippen LogP contribution in [0.3, 0.4) is 0 Å². The molecule has 0 saturated heterocycles. The van der Waals surface area contributed by atoms with Crippen LogP contribution in [0, 0.1) is 0 Å². The third kappa shape index (κ3) is 2.65. The van der Waals surface area contributed by atoms with Gasteiger partial charge >= 0.3 is 18.0 Å². The molecule has 0 spiro atoms. The van der Waals surface area contributed by atoms with Crippen LogP contribution in [-0.4, -0.2) is 12.4 Å². The maximum atomic E-state index is 13.7. The van der Waals surface area contributed by atoms with E-state index in [0.29, 0.717) is 12.1 Å². The van der Waals surface area contributed by atoms with Gasteiger partial charge in [0.05, 0.1) is 0 Å². The summed E-state index contributed by atoms with van der Waals surface area (Å²) in [6.07, 6.45) is -12.2. The smallest absolute Gasteiger partial charge is 0.398 e. The zero-order valence-corrected chi connectivity index (χ0v) is 10.6. The van der Waals surface area contributed by atoms with Gasteiger partial charge in [-0.15, -0.1) is 0 Å². The quantitative estimate of drug-likeness (QED) is 0.474. The van der Waals surface area contributed by atoms with E-state index in [-0.39, 0.29) is 16.6 Å². The van der Waals surface area contributed by atoms with Crippen LogP contribution in [0.2, 0.25) is 0 Å². The van der Waals surface area contributed by atoms with Crippen LogP contribution in [0.1, 0.15) is 11.1 Å². The Balaban J connectivity index is 3.52. The van der Waals surface area contributed by atoms with Gasteiger partial charge in [-0.25, -0.2) is 4.39 Å². The average Bonchev–Trinajstić information content (AvgIpc) is 2.25. The Morgan fingerprint density at radius 3 is 1.79 bits per heavy atom. The summed E-state index contributed by atoms with van der Waals surface area (Å²) >= 11 is 2.85. The average molecular weight is 354 g/mol. The molecule has 0 heterocycles. The van der Waals surface area contributed by atoms with E-state index >= 15 is 0 Å². The highest BCUT2D eigenvalue weighted by molar-refractivity contribution is 9.08. The molecule has 9 heteroatoms. The van der Waals surface area contributed by atoms with Crippen molar-refractivity contribution in [2.75, 3.05) is 5.73 Å². The third-order valence-electron chi connectivity index (χ3n) is 2.47. The van der Waals surface area contributed by atoms with E-state index in [0.717, 1.165) is 6.07 Å². The molecule has 2 N–H and O–H groups in total. The van der Waals surface area contributed by atoms with Crippen LogP contribution in [-0.2, 0) is 11.0 Å². The second-order valence-electron chi connectivity index (χ2n) is 3.70. The Kier molecular flexibility index (Phi) is 4.09. The van der Waals surface area contributed by atoms with Gasteiger partial charge in [0.1, 0.15) is 0 Å². The number of benzene rings is 1. The fourth-order valence-corrected chi connectivity index (χ4v) is 1.91. The molecule has 0 aliphatic rings. The first-order valence-corrected chi connectivity index (χ1v) is 5.84. The number of alkyl halides is 8. The highest BCUT2D eigenvalue weighted by atomic mass is 79.9. The Morgan fingerprint density at radius 2 is 1.42 bits per heavy atom. The van der Waals surface area contributed by atoms with E-state index < -0.39 is 23.6 Å². The van der Waals surface area contributed by atoms with E-state index in [1.54, 1.807) is 0 Å². The molecule has 0 aromatic heterocycles. The van der Waals surface area contributed by atoms with Crippen molar-refractivity contribution in [3.8, 4) is 0 Å². The number of anilines is 1. The molecule has 0 saturated carbocycles. The minimum Gasteiger partial charge on any atom is -0.398 e. The van der Waals surface area contributed by atoms with Gasteiger partial charge in [0, 0.05) is 16.6 Å². The first kappa shape index (κ1) is 16.1. The molecule has 0 aliphatic heterocycles. The van der Waals surface area contributed by atoms with Crippen molar-refractivity contribution in [2.24, 2.45) is 0 Å². The lowest BCUT2D eigenvalue weighted by molar-refractivity contribution is -0.348. The summed E-state index contributed by atoms with van der Waals surface area (Å²) in [5, 5.41) is -0.0987. The fourth-order valence-electron chi connectivity index (χ4n) is 1.42. The summed E-state index contributed by atoms with van der Waals surface area (Å²) < 4.78 is 88.6. The third-order valence-corrected chi connectivity index (χ3v) is 3.07. The SMILES string of the molecule is Nc1ccc(C(F)(C(F)(F)F)C(F)(F)F)cc1CBr. The van der Waals surface area contributed by atoms with Gasteiger partial charge in [0.2, 0.25) is 0 Å². The molecule has 0 radical (unpaired) electrons. The molecule has 19 heavy (non-hydrogen) atoms. The number of halogens is 8. The minimum atomic E-state index is -6.12. The van der Waals surface area contributed by atoms with Crippen molar-refractivity contribution in [2.45, 2.75) is 23.4 Å². The normalized spacial score (nSPS) is 13.7. The molecule has 0 bridgehead atoms. The van der Waals surface area contributed by atoms with Gasteiger partial charge in [0.25, 0.3) is 0 Å². The van der Waals surface area contributed by atoms with Crippen LogP contribution >= 0.6 is 15.9 Å². The predicted molar refractivity (Wildman–Crippen MR) is 58.4 cm³/mol. The summed E-state index contributed by atoms with van der Waals surface area (Å²) in [7, 11) is 0. The second-order valence-corrected chi connectivity index (χ2v) is 4.26. The van der Waals surface area contributed by atoms with E-state index in [1.807, 2.05) is 0 Å². The van der Waals surface area contributed by atoms with E-state index in [4.69, 9.17) is 5.73 Å². The summed E-state index contributed by atoms with van der Waals surface area (Å²) in [6.45, 7) is 0. The van der Waals surface area contributed by atoms with Crippen LogP contribution in [0.5, 0.6) is 0 Å². The summed E-state index contributed by atoms with van der Waals surface area (Å²) in [5.41, 5.74) is -1.72. The van der Waals surface area contributed by atoms with Crippen molar-refractivity contribution in [1.29, 1.82) is 0 Å². The number of nitrogens with two attached hydrogens (primary N) is 1. The Labute approximate surface area is 111 Å². The Hall–Kier alpha value is -0.990. The molecule has 108 valence electrons. The summed E-state index contributed by atoms with van der Waals surface area (Å²) in [4.78, 5) is 0. The molecule has 1 nitrogen and oxygen atoms in total. The van der Waals surface area contributed by atoms with Crippen LogP contribution in [0.25, 0.3) is 0 Å². The lowest BCUT2D eigenvalue weighted by Crippen LogP contribution is -2.50. The number of nitrogen functional groups attached to an aromatic ring is 1. The number of rotatable bonds is 2. The maximum Gasteiger partial charge on any atom is 0.435 e. The molecule has 1 rings (SSSR count). The molecule has 0 unspecified atom stereocenters. The highest BCUT2D eigenvalue weighted by Gasteiger charge is 2.73. The van der Waals surface area contributed by atoms with Crippen molar-refractivity contribution >= 4 is 21.6 Å². The van der Waals surface area contributed by atoms with Crippen molar-refractivity contribution in [1.82, 2.24) is 0 Å². The van der Waals surface area contributed by atoms with Gasteiger partial charge in [-0.3, -0.25) is 0 Å². The summed E-state index contributed by atoms with van der Waals surface area (Å²) in [6, 6.07) is 1.63. The van der Waals surface area contributed by atoms with Crippen molar-refractivity contribution < 1.29 is 30.7 Å². The van der Waals surface area contributed by atoms with E-state index in [2.05, 4.69) is 15.9 Å².